The van der Waals surface area contributed by atoms with Gasteiger partial charge in [-0.3, -0.25) is 34.4 Å². The first-order valence-corrected chi connectivity index (χ1v) is 10.6. The smallest absolute Gasteiger partial charge is 0.264 e. The molecule has 10 nitrogen and oxygen atoms in total. The number of amides is 4. The second kappa shape index (κ2) is 7.41. The van der Waals surface area contributed by atoms with E-state index in [1.54, 1.807) is 24.5 Å². The summed E-state index contributed by atoms with van der Waals surface area (Å²) < 4.78 is 1.44. The minimum Gasteiger partial charge on any atom is -0.295 e. The molecule has 10 heteroatoms. The van der Waals surface area contributed by atoms with Gasteiger partial charge in [-0.2, -0.15) is 0 Å². The number of hydrogen-bond acceptors (Lipinski definition) is 7. The summed E-state index contributed by atoms with van der Waals surface area (Å²) in [7, 11) is 0. The van der Waals surface area contributed by atoms with Crippen LogP contribution in [0.3, 0.4) is 0 Å². The lowest BCUT2D eigenvalue weighted by atomic mass is 10.0. The first-order chi connectivity index (χ1) is 16.5. The van der Waals surface area contributed by atoms with Crippen LogP contribution in [-0.4, -0.2) is 54.5 Å². The minimum atomic E-state index is -1.03. The number of nitrogens with zero attached hydrogens (tertiary/aromatic N) is 5. The highest BCUT2D eigenvalue weighted by atomic mass is 16.2. The van der Waals surface area contributed by atoms with Gasteiger partial charge in [0.1, 0.15) is 11.7 Å². The molecule has 0 aliphatic carbocycles. The van der Waals surface area contributed by atoms with Crippen LogP contribution in [0.4, 0.5) is 0 Å². The van der Waals surface area contributed by atoms with Crippen molar-refractivity contribution in [3.63, 3.8) is 0 Å². The summed E-state index contributed by atoms with van der Waals surface area (Å²) in [5, 5.41) is 11.6. The SMILES string of the molecule is O=C1CCC(N2C(=O)c3cccc(-n4cc(-c5ccc6cccnc6c5)nn4)c3C2=O)C(=O)N1. The van der Waals surface area contributed by atoms with Gasteiger partial charge in [0.25, 0.3) is 11.8 Å². The Labute approximate surface area is 192 Å². The molecule has 2 aliphatic heterocycles. The summed E-state index contributed by atoms with van der Waals surface area (Å²) in [4.78, 5) is 55.5. The maximum absolute atomic E-state index is 13.3. The molecule has 0 radical (unpaired) electrons. The third-order valence-electron chi connectivity index (χ3n) is 6.09. The van der Waals surface area contributed by atoms with E-state index in [1.807, 2.05) is 30.3 Å². The van der Waals surface area contributed by atoms with Gasteiger partial charge in [-0.25, -0.2) is 4.68 Å². The lowest BCUT2D eigenvalue weighted by Crippen LogP contribution is -2.54. The number of pyridine rings is 1. The van der Waals surface area contributed by atoms with Crippen molar-refractivity contribution in [2.24, 2.45) is 0 Å². The molecule has 4 amide bonds. The summed E-state index contributed by atoms with van der Waals surface area (Å²) in [6, 6.07) is 13.4. The fourth-order valence-corrected chi connectivity index (χ4v) is 4.43. The standard InChI is InChI=1S/C24H16N6O4/c31-20-9-8-19(22(32)26-20)30-23(33)15-4-1-5-18(21(15)24(30)34)29-12-17(27-28-29)14-7-6-13-3-2-10-25-16(13)11-14/h1-7,10-12,19H,8-9H2,(H,26,31,32). The van der Waals surface area contributed by atoms with E-state index >= 15 is 0 Å². The molecule has 0 bridgehead atoms. The third kappa shape index (κ3) is 2.99. The van der Waals surface area contributed by atoms with E-state index in [2.05, 4.69) is 20.6 Å². The van der Waals surface area contributed by atoms with Crippen molar-refractivity contribution < 1.29 is 19.2 Å². The second-order valence-electron chi connectivity index (χ2n) is 8.11. The van der Waals surface area contributed by atoms with Crippen molar-refractivity contribution in [3.05, 3.63) is 72.1 Å². The van der Waals surface area contributed by atoms with Gasteiger partial charge in [-0.15, -0.1) is 5.10 Å². The number of carbonyl (C=O) groups is 4. The Kier molecular flexibility index (Phi) is 4.34. The summed E-state index contributed by atoms with van der Waals surface area (Å²) in [6.45, 7) is 0. The van der Waals surface area contributed by atoms with Gasteiger partial charge in [0.2, 0.25) is 11.8 Å². The van der Waals surface area contributed by atoms with Crippen LogP contribution in [0, 0.1) is 0 Å². The number of aromatic nitrogens is 4. The Morgan fingerprint density at radius 1 is 0.971 bits per heavy atom. The molecule has 166 valence electrons. The highest BCUT2D eigenvalue weighted by molar-refractivity contribution is 6.24. The lowest BCUT2D eigenvalue weighted by molar-refractivity contribution is -0.136. The van der Waals surface area contributed by atoms with Crippen LogP contribution < -0.4 is 5.32 Å². The predicted molar refractivity (Wildman–Crippen MR) is 119 cm³/mol. The number of nitrogens with one attached hydrogen (secondary N) is 1. The average molecular weight is 452 g/mol. The fraction of sp³-hybridized carbons (Fsp3) is 0.125. The van der Waals surface area contributed by atoms with E-state index in [0.717, 1.165) is 21.4 Å². The first kappa shape index (κ1) is 19.9. The molecule has 2 aromatic carbocycles. The molecule has 1 atom stereocenters. The quantitative estimate of drug-likeness (QED) is 0.470. The Morgan fingerprint density at radius 3 is 2.71 bits per heavy atom. The fourth-order valence-electron chi connectivity index (χ4n) is 4.43. The molecule has 2 aliphatic rings. The van der Waals surface area contributed by atoms with E-state index in [1.165, 1.54) is 10.7 Å². The van der Waals surface area contributed by atoms with Crippen LogP contribution in [0.15, 0.2) is 60.9 Å². The van der Waals surface area contributed by atoms with Crippen LogP contribution in [0.2, 0.25) is 0 Å². The molecule has 1 N–H and O–H groups in total. The minimum absolute atomic E-state index is 0.0592. The molecule has 34 heavy (non-hydrogen) atoms. The monoisotopic (exact) mass is 452 g/mol. The summed E-state index contributed by atoms with van der Waals surface area (Å²) >= 11 is 0. The predicted octanol–water partition coefficient (Wildman–Crippen LogP) is 1.88. The van der Waals surface area contributed by atoms with E-state index < -0.39 is 29.7 Å². The highest BCUT2D eigenvalue weighted by Crippen LogP contribution is 2.32. The highest BCUT2D eigenvalue weighted by Gasteiger charge is 2.45. The molecular formula is C24H16N6O4. The van der Waals surface area contributed by atoms with Gasteiger partial charge in [0.05, 0.1) is 28.5 Å². The number of rotatable bonds is 3. The van der Waals surface area contributed by atoms with Gasteiger partial charge in [-0.05, 0) is 30.7 Å². The molecule has 4 heterocycles. The lowest BCUT2D eigenvalue weighted by Gasteiger charge is -2.27. The Morgan fingerprint density at radius 2 is 1.85 bits per heavy atom. The number of carbonyl (C=O) groups excluding carboxylic acids is 4. The molecule has 1 unspecified atom stereocenters. The zero-order valence-electron chi connectivity index (χ0n) is 17.6. The number of hydrogen-bond donors (Lipinski definition) is 1. The van der Waals surface area contributed by atoms with Gasteiger partial charge in [0.15, 0.2) is 0 Å². The number of imide groups is 2. The van der Waals surface area contributed by atoms with Crippen LogP contribution in [0.25, 0.3) is 27.8 Å². The van der Waals surface area contributed by atoms with Gasteiger partial charge in [-0.1, -0.05) is 29.5 Å². The van der Waals surface area contributed by atoms with Crippen LogP contribution >= 0.6 is 0 Å². The molecule has 2 aromatic heterocycles. The number of fused-ring (bicyclic) bond motifs is 2. The molecule has 0 spiro atoms. The zero-order valence-corrected chi connectivity index (χ0v) is 17.6. The molecular weight excluding hydrogens is 436 g/mol. The van der Waals surface area contributed by atoms with Crippen LogP contribution in [-0.2, 0) is 9.59 Å². The van der Waals surface area contributed by atoms with Crippen LogP contribution in [0.1, 0.15) is 33.6 Å². The molecule has 1 saturated heterocycles. The Bertz CT molecular complexity index is 1540. The number of piperidine rings is 1. The van der Waals surface area contributed by atoms with Crippen molar-refractivity contribution in [1.29, 1.82) is 0 Å². The van der Waals surface area contributed by atoms with Gasteiger partial charge in [0, 0.05) is 23.6 Å². The van der Waals surface area contributed by atoms with Crippen molar-refractivity contribution in [2.45, 2.75) is 18.9 Å². The van der Waals surface area contributed by atoms with Crippen molar-refractivity contribution in [3.8, 4) is 16.9 Å². The Hall–Kier alpha value is -4.73. The summed E-state index contributed by atoms with van der Waals surface area (Å²) in [5.74, 6) is -2.24. The normalized spacial score (nSPS) is 17.9. The Balaban J connectivity index is 1.38. The summed E-state index contributed by atoms with van der Waals surface area (Å²) in [6.07, 6.45) is 3.54. The number of benzene rings is 2. The summed E-state index contributed by atoms with van der Waals surface area (Å²) in [5.41, 5.74) is 2.90. The van der Waals surface area contributed by atoms with Gasteiger partial charge >= 0.3 is 0 Å². The average Bonchev–Trinajstić information content (AvgIpc) is 3.43. The maximum atomic E-state index is 13.3. The van der Waals surface area contributed by atoms with E-state index in [9.17, 15) is 19.2 Å². The van der Waals surface area contributed by atoms with E-state index in [4.69, 9.17) is 0 Å². The maximum Gasteiger partial charge on any atom is 0.264 e. The van der Waals surface area contributed by atoms with Gasteiger partial charge < -0.3 is 0 Å². The molecule has 6 rings (SSSR count). The molecule has 0 saturated carbocycles. The third-order valence-corrected chi connectivity index (χ3v) is 6.09. The van der Waals surface area contributed by atoms with Crippen molar-refractivity contribution >= 4 is 34.5 Å². The topological polar surface area (TPSA) is 127 Å². The largest absolute Gasteiger partial charge is 0.295 e. The molecule has 4 aromatic rings. The zero-order chi connectivity index (χ0) is 23.4. The van der Waals surface area contributed by atoms with Crippen molar-refractivity contribution in [1.82, 2.24) is 30.2 Å². The van der Waals surface area contributed by atoms with Crippen LogP contribution in [0.5, 0.6) is 0 Å². The molecule has 1 fully saturated rings. The second-order valence-corrected chi connectivity index (χ2v) is 8.11. The van der Waals surface area contributed by atoms with Crippen molar-refractivity contribution in [2.75, 3.05) is 0 Å². The first-order valence-electron chi connectivity index (χ1n) is 10.6. The van der Waals surface area contributed by atoms with E-state index in [0.29, 0.717) is 11.4 Å². The van der Waals surface area contributed by atoms with E-state index in [-0.39, 0.29) is 24.0 Å².